The maximum Gasteiger partial charge on any atom is 0.317 e. The average Bonchev–Trinajstić information content (AvgIpc) is 3.60. The lowest BCUT2D eigenvalue weighted by molar-refractivity contribution is -0.172. The number of ether oxygens (including phenoxy) is 2. The summed E-state index contributed by atoms with van der Waals surface area (Å²) >= 11 is 0. The van der Waals surface area contributed by atoms with E-state index in [9.17, 15) is 9.59 Å². The molecule has 0 aliphatic heterocycles. The predicted molar refractivity (Wildman–Crippen MR) is 166 cm³/mol. The fourth-order valence-electron chi connectivity index (χ4n) is 9.88. The number of hydrogen-bond donors (Lipinski definition) is 0. The Balaban J connectivity index is 0.000000191. The second kappa shape index (κ2) is 12.4. The van der Waals surface area contributed by atoms with Crippen molar-refractivity contribution in [2.75, 3.05) is 0 Å². The Morgan fingerprint density at radius 3 is 2.12 bits per heavy atom. The molecule has 0 radical (unpaired) electrons. The van der Waals surface area contributed by atoms with Crippen LogP contribution in [-0.2, 0) is 14.3 Å². The fourth-order valence-corrected chi connectivity index (χ4v) is 9.88. The van der Waals surface area contributed by atoms with E-state index in [1.807, 2.05) is 51.1 Å². The van der Waals surface area contributed by atoms with Crippen molar-refractivity contribution in [2.45, 2.75) is 126 Å². The van der Waals surface area contributed by atoms with Gasteiger partial charge in [0.2, 0.25) is 0 Å². The molecule has 0 amide bonds. The van der Waals surface area contributed by atoms with E-state index in [0.29, 0.717) is 23.5 Å². The van der Waals surface area contributed by atoms with Crippen molar-refractivity contribution < 1.29 is 19.1 Å². The molecule has 0 spiro atoms. The van der Waals surface area contributed by atoms with Crippen LogP contribution in [0.5, 0.6) is 5.75 Å². The number of fused-ring (bicyclic) bond motifs is 5. The zero-order chi connectivity index (χ0) is 30.2. The van der Waals surface area contributed by atoms with Gasteiger partial charge in [-0.25, -0.2) is 0 Å². The molecule has 230 valence electrons. The van der Waals surface area contributed by atoms with Gasteiger partial charge in [-0.1, -0.05) is 65.2 Å². The van der Waals surface area contributed by atoms with E-state index in [4.69, 9.17) is 9.47 Å². The van der Waals surface area contributed by atoms with Gasteiger partial charge in [0.25, 0.3) is 0 Å². The number of esters is 2. The van der Waals surface area contributed by atoms with E-state index in [0.717, 1.165) is 61.7 Å². The lowest BCUT2D eigenvalue weighted by atomic mass is 9.63. The average molecular weight is 567 g/mol. The molecular formula is C37H58O4. The van der Waals surface area contributed by atoms with Crippen molar-refractivity contribution in [3.05, 3.63) is 30.3 Å². The Hall–Kier alpha value is -1.84. The summed E-state index contributed by atoms with van der Waals surface area (Å²) in [6, 6.07) is 9.40. The van der Waals surface area contributed by atoms with Gasteiger partial charge in [0.15, 0.2) is 0 Å². The Kier molecular flexibility index (Phi) is 9.71. The van der Waals surface area contributed by atoms with Crippen molar-refractivity contribution in [1.29, 1.82) is 0 Å². The zero-order valence-electron chi connectivity index (χ0n) is 27.5. The smallest absolute Gasteiger partial charge is 0.317 e. The van der Waals surface area contributed by atoms with E-state index in [1.54, 1.807) is 0 Å². The highest BCUT2D eigenvalue weighted by Gasteiger charge is 2.66. The second-order valence-corrected chi connectivity index (χ2v) is 15.8. The Morgan fingerprint density at radius 1 is 0.854 bits per heavy atom. The first-order valence-electron chi connectivity index (χ1n) is 16.7. The molecule has 4 fully saturated rings. The highest BCUT2D eigenvalue weighted by atomic mass is 16.6. The molecule has 4 saturated carbocycles. The van der Waals surface area contributed by atoms with Gasteiger partial charge >= 0.3 is 11.9 Å². The van der Waals surface area contributed by atoms with Gasteiger partial charge in [-0.2, -0.15) is 0 Å². The molecule has 4 aliphatic rings. The van der Waals surface area contributed by atoms with E-state index in [2.05, 4.69) is 41.5 Å². The summed E-state index contributed by atoms with van der Waals surface area (Å²) in [7, 11) is 0. The Bertz CT molecular complexity index is 1040. The molecule has 2 bridgehead atoms. The molecule has 4 nitrogen and oxygen atoms in total. The highest BCUT2D eigenvalue weighted by molar-refractivity contribution is 5.79. The molecule has 1 aromatic carbocycles. The minimum atomic E-state index is -0.368. The van der Waals surface area contributed by atoms with Gasteiger partial charge in [-0.3, -0.25) is 9.59 Å². The van der Waals surface area contributed by atoms with Crippen LogP contribution in [-0.4, -0.2) is 17.5 Å². The summed E-state index contributed by atoms with van der Waals surface area (Å²) in [4.78, 5) is 25.4. The highest BCUT2D eigenvalue weighted by Crippen LogP contribution is 2.69. The summed E-state index contributed by atoms with van der Waals surface area (Å²) in [6.07, 6.45) is 10.7. The molecule has 0 N–H and O–H groups in total. The van der Waals surface area contributed by atoms with Crippen molar-refractivity contribution in [3.8, 4) is 5.75 Å². The van der Waals surface area contributed by atoms with Crippen LogP contribution in [0.4, 0.5) is 0 Å². The standard InChI is InChI=1S/C20H34O2.C17H24O2/c1-7-8-13-9-12(2)16-14-10-15(17(13)16)20(6,11-14)18(21)22-19(3,4)5;1-4-8-14-11-13(2)12-17(14,3)16(18)19-15-9-6-5-7-10-15/h12-17H,7-11H2,1-6H3;5-7,9-10,13-14H,4,8,11-12H2,1-3H3. The first-order chi connectivity index (χ1) is 19.2. The molecule has 4 heteroatoms. The number of para-hydroxylation sites is 1. The number of carbonyl (C=O) groups excluding carboxylic acids is 2. The van der Waals surface area contributed by atoms with Crippen LogP contribution < -0.4 is 4.74 Å². The van der Waals surface area contributed by atoms with Crippen molar-refractivity contribution in [2.24, 2.45) is 58.2 Å². The molecule has 1 aromatic rings. The maximum absolute atomic E-state index is 12.9. The third kappa shape index (κ3) is 6.57. The SMILES string of the molecule is CCCC1CC(C)C2C3CC(C12)C(C)(C(=O)OC(C)(C)C)C3.CCCC1CC(C)CC1(C)C(=O)Oc1ccccc1. The lowest BCUT2D eigenvalue weighted by Crippen LogP contribution is -2.44. The van der Waals surface area contributed by atoms with Crippen molar-refractivity contribution in [3.63, 3.8) is 0 Å². The number of hydrogen-bond acceptors (Lipinski definition) is 4. The van der Waals surface area contributed by atoms with Crippen LogP contribution in [0.3, 0.4) is 0 Å². The maximum atomic E-state index is 12.9. The van der Waals surface area contributed by atoms with Gasteiger partial charge in [0, 0.05) is 0 Å². The molecule has 0 heterocycles. The van der Waals surface area contributed by atoms with Gasteiger partial charge in [0.1, 0.15) is 11.4 Å². The Morgan fingerprint density at radius 2 is 1.51 bits per heavy atom. The summed E-state index contributed by atoms with van der Waals surface area (Å²) in [6.45, 7) is 19.4. The minimum absolute atomic E-state index is 0.0542. The topological polar surface area (TPSA) is 52.6 Å². The molecule has 10 unspecified atom stereocenters. The molecule has 0 aromatic heterocycles. The van der Waals surface area contributed by atoms with Crippen LogP contribution >= 0.6 is 0 Å². The quantitative estimate of drug-likeness (QED) is 0.244. The largest absolute Gasteiger partial charge is 0.460 e. The molecule has 41 heavy (non-hydrogen) atoms. The Labute approximate surface area is 250 Å². The third-order valence-corrected chi connectivity index (χ3v) is 11.3. The summed E-state index contributed by atoms with van der Waals surface area (Å²) in [5, 5.41) is 0. The molecule has 5 rings (SSSR count). The monoisotopic (exact) mass is 566 g/mol. The number of rotatable bonds is 7. The fraction of sp³-hybridized carbons (Fsp3) is 0.784. The number of carbonyl (C=O) groups is 2. The van der Waals surface area contributed by atoms with Crippen LogP contribution in [0.1, 0.15) is 120 Å². The normalized spacial score (nSPS) is 39.1. The van der Waals surface area contributed by atoms with Crippen LogP contribution in [0, 0.1) is 58.2 Å². The first-order valence-corrected chi connectivity index (χ1v) is 16.7. The van der Waals surface area contributed by atoms with E-state index in [1.165, 1.54) is 25.7 Å². The number of benzene rings is 1. The minimum Gasteiger partial charge on any atom is -0.460 e. The van der Waals surface area contributed by atoms with E-state index < -0.39 is 0 Å². The molecule has 4 aliphatic carbocycles. The molecule has 0 saturated heterocycles. The van der Waals surface area contributed by atoms with Gasteiger partial charge in [0.05, 0.1) is 10.8 Å². The van der Waals surface area contributed by atoms with Gasteiger partial charge in [-0.05, 0) is 133 Å². The van der Waals surface area contributed by atoms with Crippen molar-refractivity contribution >= 4 is 11.9 Å². The summed E-state index contributed by atoms with van der Waals surface area (Å²) < 4.78 is 11.4. The second-order valence-electron chi connectivity index (χ2n) is 15.8. The third-order valence-electron chi connectivity index (χ3n) is 11.3. The zero-order valence-corrected chi connectivity index (χ0v) is 27.5. The first kappa shape index (κ1) is 32.1. The van der Waals surface area contributed by atoms with Crippen LogP contribution in [0.15, 0.2) is 30.3 Å². The van der Waals surface area contributed by atoms with Crippen LogP contribution in [0.2, 0.25) is 0 Å². The van der Waals surface area contributed by atoms with E-state index >= 15 is 0 Å². The van der Waals surface area contributed by atoms with Crippen molar-refractivity contribution in [1.82, 2.24) is 0 Å². The van der Waals surface area contributed by atoms with Gasteiger partial charge in [-0.15, -0.1) is 0 Å². The molecule has 10 atom stereocenters. The van der Waals surface area contributed by atoms with Crippen LogP contribution in [0.25, 0.3) is 0 Å². The lowest BCUT2D eigenvalue weighted by Gasteiger charge is -2.42. The van der Waals surface area contributed by atoms with E-state index in [-0.39, 0.29) is 28.4 Å². The summed E-state index contributed by atoms with van der Waals surface area (Å²) in [5.74, 6) is 6.47. The predicted octanol–water partition coefficient (Wildman–Crippen LogP) is 9.51. The van der Waals surface area contributed by atoms with Gasteiger partial charge < -0.3 is 9.47 Å². The summed E-state index contributed by atoms with van der Waals surface area (Å²) in [5.41, 5.74) is -0.909. The molecular weight excluding hydrogens is 508 g/mol.